The van der Waals surface area contributed by atoms with Gasteiger partial charge in [-0.05, 0) is 46.6 Å². The first-order valence-corrected chi connectivity index (χ1v) is 8.35. The van der Waals surface area contributed by atoms with E-state index in [0.717, 1.165) is 11.1 Å². The van der Waals surface area contributed by atoms with E-state index in [9.17, 15) is 13.9 Å². The number of phenols is 1. The van der Waals surface area contributed by atoms with Crippen molar-refractivity contribution < 1.29 is 47.6 Å². The SMILES string of the molecule is CC(C)(C)c1cc(CCCOS(=O)([O-])=S)ccc1O.[Na+]. The average Bonchev–Trinajstić information content (AvgIpc) is 2.23. The van der Waals surface area contributed by atoms with Gasteiger partial charge in [0.15, 0.2) is 0 Å². The maximum absolute atomic E-state index is 10.6. The van der Waals surface area contributed by atoms with Gasteiger partial charge in [0.2, 0.25) is 0 Å². The molecule has 0 saturated carbocycles. The Labute approximate surface area is 147 Å². The number of aryl methyl sites for hydroxylation is 1. The Morgan fingerprint density at radius 1 is 1.40 bits per heavy atom. The van der Waals surface area contributed by atoms with Crippen LogP contribution in [0.5, 0.6) is 5.75 Å². The molecule has 7 heteroatoms. The van der Waals surface area contributed by atoms with E-state index in [0.29, 0.717) is 12.8 Å². The molecule has 0 aliphatic heterocycles. The quantitative estimate of drug-likeness (QED) is 0.580. The minimum absolute atomic E-state index is 0. The summed E-state index contributed by atoms with van der Waals surface area (Å²) in [6.45, 7) is 6.16. The van der Waals surface area contributed by atoms with E-state index < -0.39 is 9.05 Å². The molecular formula is C13H19NaO4S2. The maximum atomic E-state index is 10.6. The van der Waals surface area contributed by atoms with Crippen LogP contribution >= 0.6 is 0 Å². The van der Waals surface area contributed by atoms with Crippen molar-refractivity contribution in [3.05, 3.63) is 29.3 Å². The molecule has 20 heavy (non-hydrogen) atoms. The van der Waals surface area contributed by atoms with Crippen LogP contribution in [0.25, 0.3) is 0 Å². The average molecular weight is 326 g/mol. The van der Waals surface area contributed by atoms with Crippen LogP contribution in [-0.4, -0.2) is 20.5 Å². The number of hydrogen-bond acceptors (Lipinski definition) is 5. The van der Waals surface area contributed by atoms with Gasteiger partial charge in [0.25, 0.3) is 0 Å². The molecule has 1 aromatic rings. The smallest absolute Gasteiger partial charge is 0.748 e. The molecular weight excluding hydrogens is 307 g/mol. The molecule has 0 heterocycles. The number of aromatic hydroxyl groups is 1. The van der Waals surface area contributed by atoms with Crippen LogP contribution in [0.4, 0.5) is 0 Å². The topological polar surface area (TPSA) is 69.6 Å². The number of rotatable bonds is 5. The van der Waals surface area contributed by atoms with Crippen molar-refractivity contribution in [2.45, 2.75) is 39.0 Å². The minimum atomic E-state index is -3.77. The Morgan fingerprint density at radius 3 is 2.50 bits per heavy atom. The van der Waals surface area contributed by atoms with Crippen molar-refractivity contribution in [3.63, 3.8) is 0 Å². The van der Waals surface area contributed by atoms with Gasteiger partial charge in [-0.25, -0.2) is 4.21 Å². The summed E-state index contributed by atoms with van der Waals surface area (Å²) in [6.07, 6.45) is 1.23. The Hall–Kier alpha value is 0.310. The molecule has 0 spiro atoms. The molecule has 0 aromatic heterocycles. The predicted octanol–water partition coefficient (Wildman–Crippen LogP) is -0.565. The molecule has 1 aromatic carbocycles. The van der Waals surface area contributed by atoms with E-state index >= 15 is 0 Å². The molecule has 1 rings (SSSR count). The molecule has 0 aliphatic carbocycles. The van der Waals surface area contributed by atoms with Gasteiger partial charge in [-0.2, -0.15) is 0 Å². The van der Waals surface area contributed by atoms with Crippen molar-refractivity contribution in [1.82, 2.24) is 0 Å². The summed E-state index contributed by atoms with van der Waals surface area (Å²) in [4.78, 5) is 0. The van der Waals surface area contributed by atoms with Crippen LogP contribution in [-0.2, 0) is 36.3 Å². The van der Waals surface area contributed by atoms with Gasteiger partial charge in [0, 0.05) is 0 Å². The molecule has 0 bridgehead atoms. The Bertz CT molecular complexity index is 536. The van der Waals surface area contributed by atoms with Crippen molar-refractivity contribution in [1.29, 1.82) is 0 Å². The molecule has 0 fully saturated rings. The monoisotopic (exact) mass is 326 g/mol. The van der Waals surface area contributed by atoms with Crippen molar-refractivity contribution in [2.24, 2.45) is 0 Å². The predicted molar refractivity (Wildman–Crippen MR) is 77.4 cm³/mol. The Morgan fingerprint density at radius 2 is 2.00 bits per heavy atom. The van der Waals surface area contributed by atoms with Crippen LogP contribution in [0.15, 0.2) is 18.2 Å². The van der Waals surface area contributed by atoms with Gasteiger partial charge in [0.1, 0.15) is 5.75 Å². The first-order valence-electron chi connectivity index (χ1n) is 6.02. The zero-order valence-corrected chi connectivity index (χ0v) is 16.0. The summed E-state index contributed by atoms with van der Waals surface area (Å²) in [7, 11) is -3.77. The van der Waals surface area contributed by atoms with Crippen molar-refractivity contribution >= 4 is 20.2 Å². The molecule has 1 atom stereocenters. The molecule has 0 radical (unpaired) electrons. The molecule has 4 nitrogen and oxygen atoms in total. The molecule has 0 aliphatic rings. The third-order valence-corrected chi connectivity index (χ3v) is 3.45. The fourth-order valence-corrected chi connectivity index (χ4v) is 2.30. The van der Waals surface area contributed by atoms with Gasteiger partial charge in [0.05, 0.1) is 15.7 Å². The zero-order chi connectivity index (χ0) is 14.7. The van der Waals surface area contributed by atoms with Crippen LogP contribution < -0.4 is 29.6 Å². The van der Waals surface area contributed by atoms with E-state index in [1.165, 1.54) is 0 Å². The third-order valence-electron chi connectivity index (χ3n) is 2.71. The molecule has 0 saturated heterocycles. The minimum Gasteiger partial charge on any atom is -0.748 e. The normalized spacial score (nSPS) is 14.4. The number of hydrogen-bond donors (Lipinski definition) is 1. The van der Waals surface area contributed by atoms with E-state index in [4.69, 9.17) is 0 Å². The summed E-state index contributed by atoms with van der Waals surface area (Å²) in [5.41, 5.74) is 1.77. The number of phenolic OH excluding ortho intramolecular Hbond substituents is 1. The molecule has 1 N–H and O–H groups in total. The van der Waals surface area contributed by atoms with Crippen LogP contribution in [0.2, 0.25) is 0 Å². The summed E-state index contributed by atoms with van der Waals surface area (Å²) >= 11 is 4.12. The summed E-state index contributed by atoms with van der Waals surface area (Å²) < 4.78 is 25.8. The number of benzene rings is 1. The van der Waals surface area contributed by atoms with Gasteiger partial charge in [-0.3, -0.25) is 4.18 Å². The standard InChI is InChI=1S/C13H20O4S2.Na/c1-13(2,3)11-9-10(6-7-12(11)14)5-4-8-17-19(15,16)18;/h6-7,9,14H,4-5,8H2,1-3H3,(H,15,16,18);/q;+1/p-1. The second kappa shape index (κ2) is 8.08. The van der Waals surface area contributed by atoms with Crippen LogP contribution in [0.1, 0.15) is 38.3 Å². The molecule has 108 valence electrons. The summed E-state index contributed by atoms with van der Waals surface area (Å²) in [6, 6.07) is 5.44. The van der Waals surface area contributed by atoms with E-state index in [2.05, 4.69) is 15.4 Å². The zero-order valence-electron chi connectivity index (χ0n) is 12.3. The first-order chi connectivity index (χ1) is 8.59. The third kappa shape index (κ3) is 7.36. The van der Waals surface area contributed by atoms with Gasteiger partial charge < -0.3 is 9.66 Å². The Kier molecular flexibility index (Phi) is 8.20. The fourth-order valence-electron chi connectivity index (χ4n) is 1.78. The Balaban J connectivity index is 0.00000361. The van der Waals surface area contributed by atoms with Gasteiger partial charge in [-0.1, -0.05) is 32.9 Å². The maximum Gasteiger partial charge on any atom is 1.00 e. The fraction of sp³-hybridized carbons (Fsp3) is 0.538. The van der Waals surface area contributed by atoms with Crippen LogP contribution in [0.3, 0.4) is 0 Å². The second-order valence-corrected chi connectivity index (χ2v) is 7.71. The summed E-state index contributed by atoms with van der Waals surface area (Å²) in [5, 5.41) is 9.83. The first kappa shape index (κ1) is 20.3. The van der Waals surface area contributed by atoms with Crippen molar-refractivity contribution in [2.75, 3.05) is 6.61 Å². The second-order valence-electron chi connectivity index (χ2n) is 5.44. The molecule has 0 amide bonds. The van der Waals surface area contributed by atoms with Crippen LogP contribution in [0, 0.1) is 0 Å². The van der Waals surface area contributed by atoms with E-state index in [1.807, 2.05) is 32.9 Å². The largest absolute Gasteiger partial charge is 1.00 e. The van der Waals surface area contributed by atoms with Crippen molar-refractivity contribution in [3.8, 4) is 5.75 Å². The van der Waals surface area contributed by atoms with Gasteiger partial charge >= 0.3 is 29.6 Å². The van der Waals surface area contributed by atoms with E-state index in [1.54, 1.807) is 6.07 Å². The summed E-state index contributed by atoms with van der Waals surface area (Å²) in [5.74, 6) is 0.278. The van der Waals surface area contributed by atoms with E-state index in [-0.39, 0.29) is 47.3 Å². The van der Waals surface area contributed by atoms with Gasteiger partial charge in [-0.15, -0.1) is 0 Å². The molecule has 1 unspecified atom stereocenters.